The Morgan fingerprint density at radius 3 is 2.95 bits per heavy atom. The lowest BCUT2D eigenvalue weighted by molar-refractivity contribution is 0.0869. The number of amides is 2. The van der Waals surface area contributed by atoms with E-state index in [2.05, 4.69) is 16.0 Å². The molecule has 0 radical (unpaired) electrons. The minimum atomic E-state index is -0.200. The van der Waals surface area contributed by atoms with E-state index in [9.17, 15) is 9.59 Å². The van der Waals surface area contributed by atoms with Crippen LogP contribution in [-0.2, 0) is 6.42 Å². The lowest BCUT2D eigenvalue weighted by atomic mass is 9.73. The lowest BCUT2D eigenvalue weighted by Crippen LogP contribution is -2.59. The second-order valence-corrected chi connectivity index (χ2v) is 6.56. The molecule has 0 aromatic carbocycles. The molecule has 2 amide bonds. The van der Waals surface area contributed by atoms with Gasteiger partial charge in [-0.25, -0.2) is 0 Å². The summed E-state index contributed by atoms with van der Waals surface area (Å²) in [6, 6.07) is 0.146. The van der Waals surface area contributed by atoms with Crippen molar-refractivity contribution in [2.45, 2.75) is 50.1 Å². The summed E-state index contributed by atoms with van der Waals surface area (Å²) in [5.41, 5.74) is 0.873. The SMILES string of the molecule is O=C(NC1CCNC12CCC2)c1coc2c1C(=O)NCCC2. The number of carbonyl (C=O) groups is 2. The van der Waals surface area contributed by atoms with Gasteiger partial charge in [-0.1, -0.05) is 0 Å². The van der Waals surface area contributed by atoms with Crippen LogP contribution >= 0.6 is 0 Å². The van der Waals surface area contributed by atoms with Crippen molar-refractivity contribution in [3.63, 3.8) is 0 Å². The second-order valence-electron chi connectivity index (χ2n) is 6.56. The van der Waals surface area contributed by atoms with Crippen LogP contribution in [-0.4, -0.2) is 36.5 Å². The fourth-order valence-corrected chi connectivity index (χ4v) is 3.93. The molecule has 2 aliphatic heterocycles. The van der Waals surface area contributed by atoms with Crippen LogP contribution in [0.4, 0.5) is 0 Å². The average molecular weight is 303 g/mol. The molecule has 1 saturated heterocycles. The highest BCUT2D eigenvalue weighted by molar-refractivity contribution is 6.08. The Balaban J connectivity index is 1.56. The van der Waals surface area contributed by atoms with E-state index in [0.717, 1.165) is 32.2 Å². The van der Waals surface area contributed by atoms with Crippen molar-refractivity contribution in [2.24, 2.45) is 0 Å². The molecule has 1 saturated carbocycles. The number of hydrogen-bond donors (Lipinski definition) is 3. The minimum Gasteiger partial charge on any atom is -0.468 e. The molecule has 3 N–H and O–H groups in total. The molecule has 1 aliphatic carbocycles. The summed E-state index contributed by atoms with van der Waals surface area (Å²) >= 11 is 0. The molecule has 3 aliphatic rings. The van der Waals surface area contributed by atoms with Crippen molar-refractivity contribution in [3.8, 4) is 0 Å². The Bertz CT molecular complexity index is 618. The van der Waals surface area contributed by atoms with Gasteiger partial charge in [0.1, 0.15) is 12.0 Å². The van der Waals surface area contributed by atoms with Crippen molar-refractivity contribution in [2.75, 3.05) is 13.1 Å². The molecule has 2 fully saturated rings. The zero-order valence-corrected chi connectivity index (χ0v) is 12.5. The number of fused-ring (bicyclic) bond motifs is 1. The third kappa shape index (κ3) is 2.05. The highest BCUT2D eigenvalue weighted by Crippen LogP contribution is 2.39. The van der Waals surface area contributed by atoms with Gasteiger partial charge in [-0.05, 0) is 38.6 Å². The monoisotopic (exact) mass is 303 g/mol. The first kappa shape index (κ1) is 13.8. The van der Waals surface area contributed by atoms with Gasteiger partial charge in [-0.2, -0.15) is 0 Å². The van der Waals surface area contributed by atoms with E-state index in [1.54, 1.807) is 0 Å². The maximum absolute atomic E-state index is 12.6. The van der Waals surface area contributed by atoms with Gasteiger partial charge in [0.2, 0.25) is 0 Å². The molecule has 118 valence electrons. The number of aryl methyl sites for hydroxylation is 1. The first-order valence-corrected chi connectivity index (χ1v) is 8.14. The summed E-state index contributed by atoms with van der Waals surface area (Å²) in [5.74, 6) is 0.236. The van der Waals surface area contributed by atoms with Gasteiger partial charge in [0.05, 0.1) is 11.1 Å². The van der Waals surface area contributed by atoms with Gasteiger partial charge in [-0.3, -0.25) is 9.59 Å². The van der Waals surface area contributed by atoms with E-state index in [1.807, 2.05) is 0 Å². The van der Waals surface area contributed by atoms with E-state index in [0.29, 0.717) is 29.9 Å². The van der Waals surface area contributed by atoms with Crippen molar-refractivity contribution in [1.82, 2.24) is 16.0 Å². The van der Waals surface area contributed by atoms with Crippen LogP contribution in [0.5, 0.6) is 0 Å². The van der Waals surface area contributed by atoms with E-state index >= 15 is 0 Å². The van der Waals surface area contributed by atoms with Crippen molar-refractivity contribution >= 4 is 11.8 Å². The summed E-state index contributed by atoms with van der Waals surface area (Å²) in [5, 5.41) is 9.48. The fraction of sp³-hybridized carbons (Fsp3) is 0.625. The number of hydrogen-bond acceptors (Lipinski definition) is 4. The van der Waals surface area contributed by atoms with Crippen LogP contribution in [0.3, 0.4) is 0 Å². The lowest BCUT2D eigenvalue weighted by Gasteiger charge is -2.43. The van der Waals surface area contributed by atoms with E-state index < -0.39 is 0 Å². The zero-order valence-electron chi connectivity index (χ0n) is 12.5. The first-order valence-electron chi connectivity index (χ1n) is 8.14. The molecule has 6 nitrogen and oxygen atoms in total. The van der Waals surface area contributed by atoms with Crippen LogP contribution in [0.15, 0.2) is 10.7 Å². The van der Waals surface area contributed by atoms with Crippen molar-refractivity contribution < 1.29 is 14.0 Å². The first-order chi connectivity index (χ1) is 10.7. The smallest absolute Gasteiger partial charge is 0.255 e. The van der Waals surface area contributed by atoms with E-state index in [-0.39, 0.29) is 23.4 Å². The fourth-order valence-electron chi connectivity index (χ4n) is 3.93. The Morgan fingerprint density at radius 2 is 2.18 bits per heavy atom. The van der Waals surface area contributed by atoms with Crippen LogP contribution < -0.4 is 16.0 Å². The minimum absolute atomic E-state index is 0.0819. The van der Waals surface area contributed by atoms with Crippen LogP contribution in [0.25, 0.3) is 0 Å². The van der Waals surface area contributed by atoms with Gasteiger partial charge in [0.25, 0.3) is 11.8 Å². The molecule has 4 rings (SSSR count). The summed E-state index contributed by atoms with van der Waals surface area (Å²) in [6.07, 6.45) is 7.34. The second kappa shape index (κ2) is 5.12. The van der Waals surface area contributed by atoms with E-state index in [1.165, 1.54) is 12.7 Å². The Hall–Kier alpha value is -1.82. The predicted molar refractivity (Wildman–Crippen MR) is 79.8 cm³/mol. The molecule has 3 heterocycles. The summed E-state index contributed by atoms with van der Waals surface area (Å²) in [4.78, 5) is 24.8. The molecule has 1 atom stereocenters. The number of furan rings is 1. The molecule has 1 spiro atoms. The summed E-state index contributed by atoms with van der Waals surface area (Å²) in [6.45, 7) is 1.56. The molecule has 1 unspecified atom stereocenters. The maximum atomic E-state index is 12.6. The van der Waals surface area contributed by atoms with Gasteiger partial charge < -0.3 is 20.4 Å². The molecule has 0 bridgehead atoms. The number of nitrogens with one attached hydrogen (secondary N) is 3. The van der Waals surface area contributed by atoms with E-state index in [4.69, 9.17) is 4.42 Å². The van der Waals surface area contributed by atoms with Crippen LogP contribution in [0.2, 0.25) is 0 Å². The maximum Gasteiger partial charge on any atom is 0.255 e. The average Bonchev–Trinajstić information content (AvgIpc) is 3.02. The number of carbonyl (C=O) groups excluding carboxylic acids is 2. The summed E-state index contributed by atoms with van der Waals surface area (Å²) < 4.78 is 5.48. The van der Waals surface area contributed by atoms with Crippen LogP contribution in [0.1, 0.15) is 58.6 Å². The molecule has 6 heteroatoms. The normalized spacial score (nSPS) is 26.0. The highest BCUT2D eigenvalue weighted by Gasteiger charge is 2.47. The van der Waals surface area contributed by atoms with Gasteiger partial charge in [0.15, 0.2) is 0 Å². The topological polar surface area (TPSA) is 83.4 Å². The molecule has 22 heavy (non-hydrogen) atoms. The van der Waals surface area contributed by atoms with Gasteiger partial charge in [0, 0.05) is 24.5 Å². The largest absolute Gasteiger partial charge is 0.468 e. The molecular weight excluding hydrogens is 282 g/mol. The third-order valence-electron chi connectivity index (χ3n) is 5.33. The molecule has 1 aromatic rings. The van der Waals surface area contributed by atoms with Gasteiger partial charge in [-0.15, -0.1) is 0 Å². The Morgan fingerprint density at radius 1 is 1.32 bits per heavy atom. The van der Waals surface area contributed by atoms with Crippen molar-refractivity contribution in [3.05, 3.63) is 23.2 Å². The quantitative estimate of drug-likeness (QED) is 0.760. The van der Waals surface area contributed by atoms with Crippen LogP contribution in [0, 0.1) is 0 Å². The standard InChI is InChI=1S/C16H21N3O3/c20-14(19-12-4-8-18-16(12)5-2-6-16)10-9-22-11-3-1-7-17-15(21)13(10)11/h9,12,18H,1-8H2,(H,17,21)(H,19,20). The Kier molecular flexibility index (Phi) is 3.22. The highest BCUT2D eigenvalue weighted by atomic mass is 16.3. The molecular formula is C16H21N3O3. The third-order valence-corrected chi connectivity index (χ3v) is 5.33. The molecule has 1 aromatic heterocycles. The van der Waals surface area contributed by atoms with Gasteiger partial charge >= 0.3 is 0 Å². The Labute approximate surface area is 129 Å². The van der Waals surface area contributed by atoms with Crippen molar-refractivity contribution in [1.29, 1.82) is 0 Å². The number of rotatable bonds is 2. The zero-order chi connectivity index (χ0) is 15.2. The summed E-state index contributed by atoms with van der Waals surface area (Å²) in [7, 11) is 0. The predicted octanol–water partition coefficient (Wildman–Crippen LogP) is 0.970.